The van der Waals surface area contributed by atoms with Gasteiger partial charge >= 0.3 is 0 Å². The van der Waals surface area contributed by atoms with Gasteiger partial charge in [0.15, 0.2) is 11.5 Å². The molecule has 1 fully saturated rings. The minimum Gasteiger partial charge on any atom is -0.338 e. The summed E-state index contributed by atoms with van der Waals surface area (Å²) < 4.78 is 7.14. The van der Waals surface area contributed by atoms with Crippen LogP contribution >= 0.6 is 0 Å². The van der Waals surface area contributed by atoms with E-state index in [0.29, 0.717) is 30.5 Å². The van der Waals surface area contributed by atoms with Gasteiger partial charge in [0.2, 0.25) is 0 Å². The molecule has 0 bridgehead atoms. The van der Waals surface area contributed by atoms with Crippen molar-refractivity contribution in [2.45, 2.75) is 45.6 Å². The van der Waals surface area contributed by atoms with Gasteiger partial charge in [0.1, 0.15) is 0 Å². The van der Waals surface area contributed by atoms with E-state index < -0.39 is 0 Å². The Hall–Kier alpha value is -3.03. The molecule has 2 aromatic heterocycles. The number of amides is 1. The van der Waals surface area contributed by atoms with Gasteiger partial charge in [0.05, 0.1) is 12.2 Å². The lowest BCUT2D eigenvalue weighted by molar-refractivity contribution is 0.0689. The Labute approximate surface area is 163 Å². The summed E-state index contributed by atoms with van der Waals surface area (Å²) in [6.45, 7) is 7.44. The van der Waals surface area contributed by atoms with Crippen molar-refractivity contribution in [3.8, 4) is 11.6 Å². The molecular formula is C20H24N6O2. The maximum absolute atomic E-state index is 12.7. The summed E-state index contributed by atoms with van der Waals surface area (Å²) in [5.41, 5.74) is 2.47. The van der Waals surface area contributed by atoms with E-state index in [1.54, 1.807) is 0 Å². The number of hydrogen-bond acceptors (Lipinski definition) is 6. The first-order chi connectivity index (χ1) is 13.5. The molecule has 1 saturated heterocycles. The Bertz CT molecular complexity index is 951. The first kappa shape index (κ1) is 18.3. The van der Waals surface area contributed by atoms with Crippen molar-refractivity contribution < 1.29 is 9.32 Å². The van der Waals surface area contributed by atoms with Gasteiger partial charge in [-0.1, -0.05) is 41.9 Å². The molecule has 3 aromatic rings. The third-order valence-corrected chi connectivity index (χ3v) is 5.11. The summed E-state index contributed by atoms with van der Waals surface area (Å²) in [5, 5.41) is 12.4. The molecule has 28 heavy (non-hydrogen) atoms. The van der Waals surface area contributed by atoms with Crippen molar-refractivity contribution in [3.63, 3.8) is 0 Å². The maximum Gasteiger partial charge on any atom is 0.280 e. The van der Waals surface area contributed by atoms with Crippen LogP contribution in [0.15, 0.2) is 35.0 Å². The van der Waals surface area contributed by atoms with Gasteiger partial charge in [-0.15, -0.1) is 5.10 Å². The zero-order valence-electron chi connectivity index (χ0n) is 16.4. The Morgan fingerprint density at radius 3 is 2.54 bits per heavy atom. The predicted octanol–water partition coefficient (Wildman–Crippen LogP) is 3.24. The molecule has 0 radical (unpaired) electrons. The SMILES string of the molecule is Cc1ccc(C(=O)N2CCC(n3cc(-c4nc(C(C)C)no4)nn3)CC2)cc1. The Morgan fingerprint density at radius 2 is 1.89 bits per heavy atom. The highest BCUT2D eigenvalue weighted by atomic mass is 16.5. The Morgan fingerprint density at radius 1 is 1.18 bits per heavy atom. The van der Waals surface area contributed by atoms with Crippen LogP contribution in [-0.2, 0) is 0 Å². The highest BCUT2D eigenvalue weighted by molar-refractivity contribution is 5.94. The van der Waals surface area contributed by atoms with E-state index in [1.165, 1.54) is 0 Å². The number of rotatable bonds is 4. The molecule has 0 saturated carbocycles. The number of aryl methyl sites for hydroxylation is 1. The standard InChI is InChI=1S/C20H24N6O2/c1-13(2)18-21-19(28-23-18)17-12-26(24-22-17)16-8-10-25(11-9-16)20(27)15-6-4-14(3)5-7-15/h4-7,12-13,16H,8-11H2,1-3H3. The smallest absolute Gasteiger partial charge is 0.280 e. The number of aromatic nitrogens is 5. The lowest BCUT2D eigenvalue weighted by Crippen LogP contribution is -2.39. The lowest BCUT2D eigenvalue weighted by atomic mass is 10.0. The third kappa shape index (κ3) is 3.67. The topological polar surface area (TPSA) is 89.9 Å². The number of hydrogen-bond donors (Lipinski definition) is 0. The minimum atomic E-state index is 0.0878. The molecule has 0 spiro atoms. The van der Waals surface area contributed by atoms with Crippen LogP contribution in [0.1, 0.15) is 60.4 Å². The molecule has 0 atom stereocenters. The fourth-order valence-electron chi connectivity index (χ4n) is 3.34. The number of carbonyl (C=O) groups excluding carboxylic acids is 1. The second kappa shape index (κ2) is 7.53. The summed E-state index contributed by atoms with van der Waals surface area (Å²) in [6.07, 6.45) is 3.52. The van der Waals surface area contributed by atoms with Gasteiger partial charge in [0, 0.05) is 24.6 Å². The van der Waals surface area contributed by atoms with Crippen molar-refractivity contribution in [1.82, 2.24) is 30.0 Å². The van der Waals surface area contributed by atoms with Crippen LogP contribution in [0.3, 0.4) is 0 Å². The highest BCUT2D eigenvalue weighted by Crippen LogP contribution is 2.25. The van der Waals surface area contributed by atoms with Crippen LogP contribution < -0.4 is 0 Å². The van der Waals surface area contributed by atoms with Crippen LogP contribution in [0.25, 0.3) is 11.6 Å². The second-order valence-electron chi connectivity index (χ2n) is 7.59. The summed E-state index contributed by atoms with van der Waals surface area (Å²) >= 11 is 0. The fourth-order valence-corrected chi connectivity index (χ4v) is 3.34. The van der Waals surface area contributed by atoms with Crippen molar-refractivity contribution in [2.75, 3.05) is 13.1 Å². The van der Waals surface area contributed by atoms with Crippen molar-refractivity contribution in [3.05, 3.63) is 47.4 Å². The number of carbonyl (C=O) groups is 1. The van der Waals surface area contributed by atoms with E-state index in [2.05, 4.69) is 20.5 Å². The minimum absolute atomic E-state index is 0.0878. The number of nitrogens with zero attached hydrogens (tertiary/aromatic N) is 6. The summed E-state index contributed by atoms with van der Waals surface area (Å²) in [4.78, 5) is 18.9. The molecule has 8 nitrogen and oxygen atoms in total. The summed E-state index contributed by atoms with van der Waals surface area (Å²) in [7, 11) is 0. The van der Waals surface area contributed by atoms with E-state index in [9.17, 15) is 4.79 Å². The molecule has 8 heteroatoms. The molecule has 3 heterocycles. The van der Waals surface area contributed by atoms with Gasteiger partial charge in [-0.2, -0.15) is 4.98 Å². The molecule has 1 amide bonds. The molecule has 1 aliphatic heterocycles. The monoisotopic (exact) mass is 380 g/mol. The van der Waals surface area contributed by atoms with Crippen molar-refractivity contribution in [1.29, 1.82) is 0 Å². The summed E-state index contributed by atoms with van der Waals surface area (Å²) in [5.74, 6) is 1.34. The van der Waals surface area contributed by atoms with E-state index in [-0.39, 0.29) is 17.9 Å². The zero-order chi connectivity index (χ0) is 19.7. The van der Waals surface area contributed by atoms with E-state index >= 15 is 0 Å². The fraction of sp³-hybridized carbons (Fsp3) is 0.450. The van der Waals surface area contributed by atoms with Gasteiger partial charge < -0.3 is 9.42 Å². The molecule has 146 valence electrons. The number of piperidine rings is 1. The van der Waals surface area contributed by atoms with Gasteiger partial charge in [-0.25, -0.2) is 4.68 Å². The molecule has 1 aromatic carbocycles. The third-order valence-electron chi connectivity index (χ3n) is 5.11. The van der Waals surface area contributed by atoms with Crippen molar-refractivity contribution in [2.24, 2.45) is 0 Å². The van der Waals surface area contributed by atoms with E-state index in [0.717, 1.165) is 24.0 Å². The average molecular weight is 380 g/mol. The van der Waals surface area contributed by atoms with Crippen LogP contribution in [-0.4, -0.2) is 49.0 Å². The van der Waals surface area contributed by atoms with Crippen LogP contribution in [0.4, 0.5) is 0 Å². The highest BCUT2D eigenvalue weighted by Gasteiger charge is 2.26. The van der Waals surface area contributed by atoms with E-state index in [4.69, 9.17) is 4.52 Å². The largest absolute Gasteiger partial charge is 0.338 e. The van der Waals surface area contributed by atoms with E-state index in [1.807, 2.05) is 60.8 Å². The van der Waals surface area contributed by atoms with Crippen LogP contribution in [0, 0.1) is 6.92 Å². The Kier molecular flexibility index (Phi) is 4.93. The number of benzene rings is 1. The Balaban J connectivity index is 1.39. The van der Waals surface area contributed by atoms with Crippen LogP contribution in [0.5, 0.6) is 0 Å². The molecule has 0 aliphatic carbocycles. The lowest BCUT2D eigenvalue weighted by Gasteiger charge is -2.31. The predicted molar refractivity (Wildman–Crippen MR) is 103 cm³/mol. The quantitative estimate of drug-likeness (QED) is 0.690. The maximum atomic E-state index is 12.7. The molecular weight excluding hydrogens is 356 g/mol. The normalized spacial score (nSPS) is 15.4. The molecule has 0 N–H and O–H groups in total. The first-order valence-corrected chi connectivity index (χ1v) is 9.63. The molecule has 1 aliphatic rings. The van der Waals surface area contributed by atoms with Gasteiger partial charge in [-0.05, 0) is 31.9 Å². The molecule has 4 rings (SSSR count). The van der Waals surface area contributed by atoms with Crippen molar-refractivity contribution >= 4 is 5.91 Å². The van der Waals surface area contributed by atoms with Crippen LogP contribution in [0.2, 0.25) is 0 Å². The number of likely N-dealkylation sites (tertiary alicyclic amines) is 1. The first-order valence-electron chi connectivity index (χ1n) is 9.63. The average Bonchev–Trinajstić information content (AvgIpc) is 3.38. The second-order valence-corrected chi connectivity index (χ2v) is 7.59. The zero-order valence-corrected chi connectivity index (χ0v) is 16.4. The molecule has 0 unspecified atom stereocenters. The van der Waals surface area contributed by atoms with Gasteiger partial charge in [-0.3, -0.25) is 4.79 Å². The van der Waals surface area contributed by atoms with Gasteiger partial charge in [0.25, 0.3) is 11.8 Å². The summed E-state index contributed by atoms with van der Waals surface area (Å²) in [6, 6.07) is 7.93.